The van der Waals surface area contributed by atoms with Crippen molar-refractivity contribution in [2.24, 2.45) is 5.92 Å². The summed E-state index contributed by atoms with van der Waals surface area (Å²) in [6.45, 7) is 14.8. The normalized spacial score (nSPS) is 20.8. The minimum atomic E-state index is -0.178. The molecule has 2 aromatic rings. The predicted molar refractivity (Wildman–Crippen MR) is 124 cm³/mol. The fraction of sp³-hybridized carbons (Fsp3) is 0.500. The zero-order valence-electron chi connectivity index (χ0n) is 19.7. The molecule has 0 aliphatic carbocycles. The maximum Gasteiger partial charge on any atom is 0.171 e. The molecule has 1 fully saturated rings. The fourth-order valence-corrected chi connectivity index (χ4v) is 5.03. The third-order valence-electron chi connectivity index (χ3n) is 7.02. The van der Waals surface area contributed by atoms with E-state index in [2.05, 4.69) is 13.8 Å². The van der Waals surface area contributed by atoms with Gasteiger partial charge in [-0.3, -0.25) is 4.79 Å². The lowest BCUT2D eigenvalue weighted by molar-refractivity contribution is -1.03. The number of carbonyl (C=O) groups excluding carboxylic acids is 1. The van der Waals surface area contributed by atoms with Gasteiger partial charge >= 0.3 is 0 Å². The first-order valence-electron chi connectivity index (χ1n) is 12.0. The number of halogens is 1. The highest BCUT2D eigenvalue weighted by atomic mass is 19.1. The maximum atomic E-state index is 13.5. The van der Waals surface area contributed by atoms with Crippen LogP contribution in [0, 0.1) is 11.7 Å². The van der Waals surface area contributed by atoms with E-state index in [1.165, 1.54) is 15.4 Å². The summed E-state index contributed by atoms with van der Waals surface area (Å²) in [5, 5.41) is 9.44. The predicted octanol–water partition coefficient (Wildman–Crippen LogP) is -0.200. The Bertz CT molecular complexity index is 844. The summed E-state index contributed by atoms with van der Waals surface area (Å²) in [6, 6.07) is 14.0. The standard InChI is InChI=1S/C26H36FN3O2/c1-4-30(5-2)25(21-6-10-23(27)11-7-21)19-29-16-14-28(15-17-29)18-20(3)26(32)22-8-12-24(31)13-9-22/h6-13,20,25,31H,4-5,14-19H2,1-3H3/p+3/t20-,25-/m0/s1. The molecular weight excluding hydrogens is 405 g/mol. The van der Waals surface area contributed by atoms with Gasteiger partial charge in [0.25, 0.3) is 0 Å². The van der Waals surface area contributed by atoms with Gasteiger partial charge in [-0.05, 0) is 69.3 Å². The molecule has 2 atom stereocenters. The van der Waals surface area contributed by atoms with Crippen LogP contribution < -0.4 is 14.7 Å². The Morgan fingerprint density at radius 2 is 1.47 bits per heavy atom. The van der Waals surface area contributed by atoms with E-state index in [-0.39, 0.29) is 23.3 Å². The lowest BCUT2D eigenvalue weighted by atomic mass is 9.98. The molecule has 0 amide bonds. The number of phenols is 1. The Kier molecular flexibility index (Phi) is 8.79. The Hall–Kier alpha value is -2.28. The topological polar surface area (TPSA) is 50.6 Å². The van der Waals surface area contributed by atoms with Gasteiger partial charge in [0.05, 0.1) is 25.6 Å². The number of piperazine rings is 1. The highest BCUT2D eigenvalue weighted by molar-refractivity contribution is 5.97. The third-order valence-corrected chi connectivity index (χ3v) is 7.02. The van der Waals surface area contributed by atoms with Gasteiger partial charge in [-0.1, -0.05) is 0 Å². The number of hydrogen-bond acceptors (Lipinski definition) is 2. The molecular formula is C26H39FN3O2+3. The van der Waals surface area contributed by atoms with Crippen molar-refractivity contribution in [2.75, 3.05) is 52.4 Å². The molecule has 6 heteroatoms. The number of nitrogens with one attached hydrogen (secondary N) is 3. The lowest BCUT2D eigenvalue weighted by Gasteiger charge is -2.34. The van der Waals surface area contributed by atoms with E-state index in [0.29, 0.717) is 11.6 Å². The van der Waals surface area contributed by atoms with E-state index < -0.39 is 0 Å². The molecule has 4 N–H and O–H groups in total. The number of phenolic OH excluding ortho intramolecular Hbond substituents is 1. The van der Waals surface area contributed by atoms with E-state index in [1.54, 1.807) is 41.3 Å². The van der Waals surface area contributed by atoms with E-state index >= 15 is 0 Å². The van der Waals surface area contributed by atoms with E-state index in [4.69, 9.17) is 0 Å². The Labute approximate surface area is 191 Å². The molecule has 1 saturated heterocycles. The lowest BCUT2D eigenvalue weighted by Crippen LogP contribution is -3.30. The van der Waals surface area contributed by atoms with Crippen molar-refractivity contribution in [3.63, 3.8) is 0 Å². The van der Waals surface area contributed by atoms with Crippen LogP contribution >= 0.6 is 0 Å². The number of Topliss-reactive ketones (excluding diaryl/α,β-unsaturated/α-hetero) is 1. The smallest absolute Gasteiger partial charge is 0.171 e. The number of rotatable bonds is 10. The number of likely N-dealkylation sites (N-methyl/N-ethyl adjacent to an activating group) is 1. The van der Waals surface area contributed by atoms with Gasteiger partial charge in [0.1, 0.15) is 44.3 Å². The molecule has 1 aliphatic rings. The Morgan fingerprint density at radius 1 is 0.938 bits per heavy atom. The minimum Gasteiger partial charge on any atom is -0.508 e. The molecule has 0 spiro atoms. The molecule has 5 nitrogen and oxygen atoms in total. The van der Waals surface area contributed by atoms with Crippen LogP contribution in [0.1, 0.15) is 42.7 Å². The molecule has 1 aliphatic heterocycles. The van der Waals surface area contributed by atoms with Crippen molar-refractivity contribution >= 4 is 5.78 Å². The van der Waals surface area contributed by atoms with E-state index in [9.17, 15) is 14.3 Å². The molecule has 0 radical (unpaired) electrons. The monoisotopic (exact) mass is 444 g/mol. The number of carbonyl (C=O) groups is 1. The average Bonchev–Trinajstić information content (AvgIpc) is 2.81. The summed E-state index contributed by atoms with van der Waals surface area (Å²) in [5.41, 5.74) is 1.89. The van der Waals surface area contributed by atoms with Crippen LogP contribution in [0.25, 0.3) is 0 Å². The molecule has 1 heterocycles. The summed E-state index contributed by atoms with van der Waals surface area (Å²) in [4.78, 5) is 17.4. The quantitative estimate of drug-likeness (QED) is 0.384. The molecule has 32 heavy (non-hydrogen) atoms. The largest absolute Gasteiger partial charge is 0.508 e. The first-order valence-corrected chi connectivity index (χ1v) is 12.0. The number of ketones is 1. The molecule has 2 aromatic carbocycles. The summed E-state index contributed by atoms with van der Waals surface area (Å²) in [6.07, 6.45) is 0. The van der Waals surface area contributed by atoms with Gasteiger partial charge in [0.15, 0.2) is 11.8 Å². The van der Waals surface area contributed by atoms with Gasteiger partial charge in [-0.2, -0.15) is 0 Å². The van der Waals surface area contributed by atoms with Gasteiger partial charge < -0.3 is 19.8 Å². The van der Waals surface area contributed by atoms with Crippen LogP contribution in [-0.2, 0) is 0 Å². The van der Waals surface area contributed by atoms with Gasteiger partial charge in [-0.25, -0.2) is 4.39 Å². The average molecular weight is 445 g/mol. The molecule has 3 rings (SSSR count). The molecule has 0 unspecified atom stereocenters. The number of quaternary nitrogens is 3. The second kappa shape index (κ2) is 11.5. The summed E-state index contributed by atoms with van der Waals surface area (Å²) < 4.78 is 13.5. The van der Waals surface area contributed by atoms with Crippen LogP contribution in [-0.4, -0.2) is 63.2 Å². The highest BCUT2D eigenvalue weighted by Gasteiger charge is 2.32. The van der Waals surface area contributed by atoms with Crippen LogP contribution in [0.3, 0.4) is 0 Å². The molecule has 0 aromatic heterocycles. The van der Waals surface area contributed by atoms with Crippen molar-refractivity contribution in [3.05, 3.63) is 65.5 Å². The Morgan fingerprint density at radius 3 is 2.00 bits per heavy atom. The molecule has 0 bridgehead atoms. The van der Waals surface area contributed by atoms with Crippen LogP contribution in [0.2, 0.25) is 0 Å². The van der Waals surface area contributed by atoms with Gasteiger partial charge in [0.2, 0.25) is 0 Å². The van der Waals surface area contributed by atoms with Crippen molar-refractivity contribution < 1.29 is 29.0 Å². The molecule has 174 valence electrons. The van der Waals surface area contributed by atoms with Gasteiger partial charge in [0, 0.05) is 11.1 Å². The zero-order valence-corrected chi connectivity index (χ0v) is 19.7. The number of hydrogen-bond donors (Lipinski definition) is 4. The second-order valence-electron chi connectivity index (χ2n) is 9.19. The number of benzene rings is 2. The summed E-state index contributed by atoms with van der Waals surface area (Å²) in [5.74, 6) is 0.115. The minimum absolute atomic E-state index is 0.0387. The van der Waals surface area contributed by atoms with Crippen LogP contribution in [0.5, 0.6) is 5.75 Å². The highest BCUT2D eigenvalue weighted by Crippen LogP contribution is 2.13. The Balaban J connectivity index is 1.54. The third kappa shape index (κ3) is 6.37. The van der Waals surface area contributed by atoms with E-state index in [0.717, 1.165) is 52.4 Å². The first kappa shape index (κ1) is 24.4. The van der Waals surface area contributed by atoms with Crippen molar-refractivity contribution in [1.82, 2.24) is 0 Å². The van der Waals surface area contributed by atoms with Crippen LogP contribution in [0.4, 0.5) is 4.39 Å². The van der Waals surface area contributed by atoms with Crippen LogP contribution in [0.15, 0.2) is 48.5 Å². The maximum absolute atomic E-state index is 13.5. The zero-order chi connectivity index (χ0) is 23.1. The van der Waals surface area contributed by atoms with Crippen molar-refractivity contribution in [1.29, 1.82) is 0 Å². The van der Waals surface area contributed by atoms with Crippen molar-refractivity contribution in [2.45, 2.75) is 26.8 Å². The fourth-order valence-electron chi connectivity index (χ4n) is 5.03. The first-order chi connectivity index (χ1) is 15.4. The van der Waals surface area contributed by atoms with Crippen molar-refractivity contribution in [3.8, 4) is 5.75 Å². The molecule has 0 saturated carbocycles. The summed E-state index contributed by atoms with van der Waals surface area (Å²) >= 11 is 0. The summed E-state index contributed by atoms with van der Waals surface area (Å²) in [7, 11) is 0. The van der Waals surface area contributed by atoms with Gasteiger partial charge in [-0.15, -0.1) is 0 Å². The number of aromatic hydroxyl groups is 1. The van der Waals surface area contributed by atoms with E-state index in [1.807, 2.05) is 19.1 Å². The SMILES string of the molecule is CC[NH+](CC)[C@@H](C[NH+]1CC[NH+](C[C@H](C)C(=O)c2ccc(O)cc2)CC1)c1ccc(F)cc1. The second-order valence-corrected chi connectivity index (χ2v) is 9.19.